The molecule has 2 rings (SSSR count). The van der Waals surface area contributed by atoms with Gasteiger partial charge in [-0.1, -0.05) is 0 Å². The summed E-state index contributed by atoms with van der Waals surface area (Å²) in [6.45, 7) is 3.86. The van der Waals surface area contributed by atoms with Crippen molar-refractivity contribution in [1.29, 1.82) is 0 Å². The normalized spacial score (nSPS) is 15.1. The quantitative estimate of drug-likeness (QED) is 0.864. The van der Waals surface area contributed by atoms with Crippen molar-refractivity contribution in [2.75, 3.05) is 13.2 Å². The standard InChI is InChI=1S/C11H12BrFO3/c1-11(2,14)8-6(13)5-7-10(9(8)12)16-4-3-15-7/h5,14H,3-4H2,1-2H3. The Balaban J connectivity index is 2.63. The van der Waals surface area contributed by atoms with Crippen molar-refractivity contribution in [2.45, 2.75) is 19.4 Å². The predicted molar refractivity (Wildman–Crippen MR) is 60.3 cm³/mol. The van der Waals surface area contributed by atoms with Crippen molar-refractivity contribution < 1.29 is 19.0 Å². The second-order valence-electron chi connectivity index (χ2n) is 4.13. The van der Waals surface area contributed by atoms with Crippen LogP contribution in [0.4, 0.5) is 4.39 Å². The van der Waals surface area contributed by atoms with E-state index in [1.165, 1.54) is 19.9 Å². The molecule has 0 amide bonds. The van der Waals surface area contributed by atoms with E-state index < -0.39 is 11.4 Å². The van der Waals surface area contributed by atoms with Crippen LogP contribution >= 0.6 is 15.9 Å². The molecule has 5 heteroatoms. The lowest BCUT2D eigenvalue weighted by atomic mass is 9.97. The monoisotopic (exact) mass is 290 g/mol. The lowest BCUT2D eigenvalue weighted by Crippen LogP contribution is -2.22. The number of fused-ring (bicyclic) bond motifs is 1. The van der Waals surface area contributed by atoms with E-state index in [0.717, 1.165) is 0 Å². The molecule has 0 saturated heterocycles. The molecule has 88 valence electrons. The Morgan fingerprint density at radius 2 is 2.00 bits per heavy atom. The first-order chi connectivity index (χ1) is 7.41. The van der Waals surface area contributed by atoms with Crippen molar-refractivity contribution in [3.63, 3.8) is 0 Å². The van der Waals surface area contributed by atoms with E-state index in [-0.39, 0.29) is 5.56 Å². The van der Waals surface area contributed by atoms with Crippen molar-refractivity contribution >= 4 is 15.9 Å². The topological polar surface area (TPSA) is 38.7 Å². The van der Waals surface area contributed by atoms with Crippen LogP contribution in [0.5, 0.6) is 11.5 Å². The molecule has 3 nitrogen and oxygen atoms in total. The Labute approximate surface area is 101 Å². The Morgan fingerprint density at radius 3 is 2.62 bits per heavy atom. The predicted octanol–water partition coefficient (Wildman–Crippen LogP) is 2.59. The van der Waals surface area contributed by atoms with Gasteiger partial charge < -0.3 is 14.6 Å². The maximum atomic E-state index is 13.8. The summed E-state index contributed by atoms with van der Waals surface area (Å²) < 4.78 is 24.9. The number of benzene rings is 1. The zero-order chi connectivity index (χ0) is 11.9. The summed E-state index contributed by atoms with van der Waals surface area (Å²) in [5, 5.41) is 9.89. The summed E-state index contributed by atoms with van der Waals surface area (Å²) in [4.78, 5) is 0. The molecular weight excluding hydrogens is 279 g/mol. The zero-order valence-corrected chi connectivity index (χ0v) is 10.6. The van der Waals surface area contributed by atoms with Gasteiger partial charge in [-0.3, -0.25) is 0 Å². The van der Waals surface area contributed by atoms with Gasteiger partial charge in [-0.15, -0.1) is 0 Å². The summed E-state index contributed by atoms with van der Waals surface area (Å²) in [5.74, 6) is 0.303. The van der Waals surface area contributed by atoms with Crippen LogP contribution in [0.3, 0.4) is 0 Å². The van der Waals surface area contributed by atoms with Crippen LogP contribution in [0.2, 0.25) is 0 Å². The molecular formula is C11H12BrFO3. The summed E-state index contributed by atoms with van der Waals surface area (Å²) in [6.07, 6.45) is 0. The van der Waals surface area contributed by atoms with E-state index >= 15 is 0 Å². The van der Waals surface area contributed by atoms with Gasteiger partial charge in [-0.25, -0.2) is 4.39 Å². The second-order valence-corrected chi connectivity index (χ2v) is 4.92. The van der Waals surface area contributed by atoms with Gasteiger partial charge >= 0.3 is 0 Å². The average molecular weight is 291 g/mol. The van der Waals surface area contributed by atoms with Gasteiger partial charge in [0.15, 0.2) is 11.5 Å². The SMILES string of the molecule is CC(C)(O)c1c(F)cc2c(c1Br)OCCO2. The van der Waals surface area contributed by atoms with Gasteiger partial charge in [0.1, 0.15) is 19.0 Å². The molecule has 1 aromatic carbocycles. The van der Waals surface area contributed by atoms with E-state index in [0.29, 0.717) is 29.2 Å². The summed E-state index contributed by atoms with van der Waals surface area (Å²) >= 11 is 3.25. The highest BCUT2D eigenvalue weighted by molar-refractivity contribution is 9.10. The number of ether oxygens (including phenoxy) is 2. The lowest BCUT2D eigenvalue weighted by molar-refractivity contribution is 0.0723. The van der Waals surface area contributed by atoms with Crippen LogP contribution in [-0.2, 0) is 5.60 Å². The summed E-state index contributed by atoms with van der Waals surface area (Å²) in [6, 6.07) is 1.24. The molecule has 0 radical (unpaired) electrons. The van der Waals surface area contributed by atoms with E-state index in [2.05, 4.69) is 15.9 Å². The van der Waals surface area contributed by atoms with Gasteiger partial charge in [-0.2, -0.15) is 0 Å². The van der Waals surface area contributed by atoms with Crippen molar-refractivity contribution in [1.82, 2.24) is 0 Å². The van der Waals surface area contributed by atoms with Crippen LogP contribution in [-0.4, -0.2) is 18.3 Å². The highest BCUT2D eigenvalue weighted by Gasteiger charge is 2.29. The van der Waals surface area contributed by atoms with Gasteiger partial charge in [-0.05, 0) is 29.8 Å². The fourth-order valence-corrected chi connectivity index (χ4v) is 2.66. The number of hydrogen-bond donors (Lipinski definition) is 1. The Hall–Kier alpha value is -0.810. The van der Waals surface area contributed by atoms with E-state index in [1.54, 1.807) is 0 Å². The van der Waals surface area contributed by atoms with Crippen molar-refractivity contribution in [3.05, 3.63) is 21.9 Å². The first-order valence-corrected chi connectivity index (χ1v) is 5.71. The van der Waals surface area contributed by atoms with Gasteiger partial charge in [0.25, 0.3) is 0 Å². The molecule has 0 saturated carbocycles. The van der Waals surface area contributed by atoms with Crippen LogP contribution < -0.4 is 9.47 Å². The molecule has 0 atom stereocenters. The smallest absolute Gasteiger partial charge is 0.176 e. The van der Waals surface area contributed by atoms with Gasteiger partial charge in [0, 0.05) is 11.6 Å². The molecule has 1 aromatic rings. The third-order valence-electron chi connectivity index (χ3n) is 2.34. The average Bonchev–Trinajstić information content (AvgIpc) is 2.15. The highest BCUT2D eigenvalue weighted by Crippen LogP contribution is 2.44. The minimum absolute atomic E-state index is 0.178. The summed E-state index contributed by atoms with van der Waals surface area (Å²) in [7, 11) is 0. The number of rotatable bonds is 1. The fourth-order valence-electron chi connectivity index (χ4n) is 1.68. The van der Waals surface area contributed by atoms with Crippen molar-refractivity contribution in [2.24, 2.45) is 0 Å². The second kappa shape index (κ2) is 3.89. The van der Waals surface area contributed by atoms with E-state index in [1.807, 2.05) is 0 Å². The minimum Gasteiger partial charge on any atom is -0.486 e. The van der Waals surface area contributed by atoms with Crippen LogP contribution in [0, 0.1) is 5.82 Å². The van der Waals surface area contributed by atoms with E-state index in [9.17, 15) is 9.50 Å². The van der Waals surface area contributed by atoms with Crippen molar-refractivity contribution in [3.8, 4) is 11.5 Å². The molecule has 1 aliphatic rings. The number of halogens is 2. The molecule has 0 aliphatic carbocycles. The third kappa shape index (κ3) is 1.89. The van der Waals surface area contributed by atoms with Gasteiger partial charge in [0.2, 0.25) is 0 Å². The largest absolute Gasteiger partial charge is 0.486 e. The molecule has 0 aromatic heterocycles. The van der Waals surface area contributed by atoms with Gasteiger partial charge in [0.05, 0.1) is 10.1 Å². The fraction of sp³-hybridized carbons (Fsp3) is 0.455. The molecule has 0 fully saturated rings. The lowest BCUT2D eigenvalue weighted by Gasteiger charge is -2.26. The maximum Gasteiger partial charge on any atom is 0.176 e. The Kier molecular flexibility index (Phi) is 2.84. The Bertz CT molecular complexity index is 426. The van der Waals surface area contributed by atoms with Crippen LogP contribution in [0.15, 0.2) is 10.5 Å². The molecule has 0 spiro atoms. The highest BCUT2D eigenvalue weighted by atomic mass is 79.9. The zero-order valence-electron chi connectivity index (χ0n) is 9.01. The molecule has 1 heterocycles. The summed E-state index contributed by atoms with van der Waals surface area (Å²) in [5.41, 5.74) is -1.10. The number of aliphatic hydroxyl groups is 1. The molecule has 1 N–H and O–H groups in total. The maximum absolute atomic E-state index is 13.8. The molecule has 1 aliphatic heterocycles. The molecule has 0 unspecified atom stereocenters. The van der Waals surface area contributed by atoms with Crippen LogP contribution in [0.25, 0.3) is 0 Å². The minimum atomic E-state index is -1.28. The first-order valence-electron chi connectivity index (χ1n) is 4.91. The molecule has 16 heavy (non-hydrogen) atoms. The number of hydrogen-bond acceptors (Lipinski definition) is 3. The third-order valence-corrected chi connectivity index (χ3v) is 3.10. The molecule has 0 bridgehead atoms. The van der Waals surface area contributed by atoms with E-state index in [4.69, 9.17) is 9.47 Å². The Morgan fingerprint density at radius 1 is 1.38 bits per heavy atom. The van der Waals surface area contributed by atoms with Crippen LogP contribution in [0.1, 0.15) is 19.4 Å². The first kappa shape index (κ1) is 11.7.